The molecule has 0 radical (unpaired) electrons. The van der Waals surface area contributed by atoms with Crippen LogP contribution < -0.4 is 0 Å². The lowest BCUT2D eigenvalue weighted by atomic mass is 9.86. The molecule has 0 saturated carbocycles. The van der Waals surface area contributed by atoms with Gasteiger partial charge in [-0.2, -0.15) is 0 Å². The second-order valence-electron chi connectivity index (χ2n) is 10.9. The lowest BCUT2D eigenvalue weighted by Gasteiger charge is -2.38. The Morgan fingerprint density at radius 2 is 1.43 bits per heavy atom. The summed E-state index contributed by atoms with van der Waals surface area (Å²) in [5, 5.41) is 10.8. The number of aliphatic hydroxyl groups excluding tert-OH is 1. The van der Waals surface area contributed by atoms with Gasteiger partial charge in [-0.05, 0) is 59.8 Å². The van der Waals surface area contributed by atoms with Crippen LogP contribution >= 0.6 is 0 Å². The summed E-state index contributed by atoms with van der Waals surface area (Å²) in [5.41, 5.74) is 4.83. The maximum Gasteiger partial charge on any atom is 0.111 e. The van der Waals surface area contributed by atoms with Gasteiger partial charge in [0.2, 0.25) is 0 Å². The Bertz CT molecular complexity index is 971. The Labute approximate surface area is 211 Å². The Balaban J connectivity index is 1.37. The average Bonchev–Trinajstić information content (AvgIpc) is 2.88. The summed E-state index contributed by atoms with van der Waals surface area (Å²) in [5.74, 6) is 0. The van der Waals surface area contributed by atoms with E-state index in [9.17, 15) is 5.11 Å². The van der Waals surface area contributed by atoms with Gasteiger partial charge in [0.1, 0.15) is 12.3 Å². The van der Waals surface area contributed by atoms with Crippen LogP contribution in [-0.4, -0.2) is 29.3 Å². The number of hydrogen-bond donors (Lipinski definition) is 1. The van der Waals surface area contributed by atoms with Crippen LogP contribution in [0.25, 0.3) is 0 Å². The van der Waals surface area contributed by atoms with Crippen LogP contribution in [0.4, 0.5) is 0 Å². The van der Waals surface area contributed by atoms with E-state index >= 15 is 0 Å². The zero-order valence-electron chi connectivity index (χ0n) is 21.6. The van der Waals surface area contributed by atoms with Crippen LogP contribution in [0.5, 0.6) is 0 Å². The topological polar surface area (TPSA) is 32.7 Å². The van der Waals surface area contributed by atoms with Crippen LogP contribution in [0.2, 0.25) is 0 Å². The lowest BCUT2D eigenvalue weighted by Crippen LogP contribution is -2.42. The van der Waals surface area contributed by atoms with Crippen LogP contribution in [0.1, 0.15) is 87.3 Å². The van der Waals surface area contributed by atoms with Gasteiger partial charge in [-0.25, -0.2) is 0 Å². The molecule has 35 heavy (non-hydrogen) atoms. The van der Waals surface area contributed by atoms with Crippen molar-refractivity contribution >= 4 is 0 Å². The summed E-state index contributed by atoms with van der Waals surface area (Å²) in [6, 6.07) is 29.6. The molecule has 2 atom stereocenters. The number of nitrogens with zero attached hydrogens (tertiary/aromatic N) is 1. The van der Waals surface area contributed by atoms with Gasteiger partial charge < -0.3 is 9.84 Å². The van der Waals surface area contributed by atoms with E-state index in [2.05, 4.69) is 111 Å². The standard InChI is InChI=1S/C32H41NO2/c1-32(2,3)28-21-19-25(20-22-28)29(34)17-12-24-33-23-11-10-18-30(33)35-31(26-13-6-4-7-14-26)27-15-8-5-9-16-27/h4-9,13-16,19-22,29-31,34H,10-12,17-18,23-24H2,1-3H3. The molecule has 4 rings (SSSR count). The molecule has 2 unspecified atom stereocenters. The molecule has 1 fully saturated rings. The molecule has 1 N–H and O–H groups in total. The number of likely N-dealkylation sites (tertiary alicyclic amines) is 1. The normalized spacial score (nSPS) is 18.0. The maximum atomic E-state index is 10.8. The van der Waals surface area contributed by atoms with E-state index in [0.29, 0.717) is 0 Å². The first-order valence-corrected chi connectivity index (χ1v) is 13.2. The minimum atomic E-state index is -0.422. The zero-order chi connectivity index (χ0) is 24.7. The molecule has 3 aromatic rings. The highest BCUT2D eigenvalue weighted by Crippen LogP contribution is 2.31. The van der Waals surface area contributed by atoms with Crippen molar-refractivity contribution in [2.24, 2.45) is 0 Å². The van der Waals surface area contributed by atoms with Crippen LogP contribution in [0.3, 0.4) is 0 Å². The molecule has 0 aromatic heterocycles. The van der Waals surface area contributed by atoms with Gasteiger partial charge in [0.15, 0.2) is 0 Å². The highest BCUT2D eigenvalue weighted by molar-refractivity contribution is 5.30. The van der Waals surface area contributed by atoms with E-state index in [4.69, 9.17) is 4.74 Å². The quantitative estimate of drug-likeness (QED) is 0.352. The second-order valence-corrected chi connectivity index (χ2v) is 10.9. The Kier molecular flexibility index (Phi) is 8.78. The fourth-order valence-corrected chi connectivity index (χ4v) is 4.99. The molecular formula is C32H41NO2. The van der Waals surface area contributed by atoms with Crippen LogP contribution in [0, 0.1) is 0 Å². The van der Waals surface area contributed by atoms with Crippen LogP contribution in [0.15, 0.2) is 84.9 Å². The molecule has 1 aliphatic rings. The first kappa shape index (κ1) is 25.6. The summed E-state index contributed by atoms with van der Waals surface area (Å²) < 4.78 is 6.83. The van der Waals surface area contributed by atoms with E-state index in [0.717, 1.165) is 37.9 Å². The monoisotopic (exact) mass is 471 g/mol. The van der Waals surface area contributed by atoms with Gasteiger partial charge in [0, 0.05) is 13.1 Å². The first-order valence-electron chi connectivity index (χ1n) is 13.2. The van der Waals surface area contributed by atoms with Gasteiger partial charge in [0.05, 0.1) is 6.10 Å². The Hall–Kier alpha value is -2.46. The fraction of sp³-hybridized carbons (Fsp3) is 0.438. The van der Waals surface area contributed by atoms with Crippen molar-refractivity contribution in [3.8, 4) is 0 Å². The number of benzene rings is 3. The zero-order valence-corrected chi connectivity index (χ0v) is 21.6. The van der Waals surface area contributed by atoms with Crippen molar-refractivity contribution in [1.82, 2.24) is 4.90 Å². The molecule has 0 bridgehead atoms. The molecule has 3 heteroatoms. The number of rotatable bonds is 9. The Morgan fingerprint density at radius 1 is 0.829 bits per heavy atom. The number of ether oxygens (including phenoxy) is 1. The van der Waals surface area contributed by atoms with Gasteiger partial charge >= 0.3 is 0 Å². The molecule has 0 aliphatic carbocycles. The molecule has 3 nitrogen and oxygen atoms in total. The van der Waals surface area contributed by atoms with Crippen molar-refractivity contribution in [3.05, 3.63) is 107 Å². The van der Waals surface area contributed by atoms with Crippen molar-refractivity contribution in [2.75, 3.05) is 13.1 Å². The summed E-state index contributed by atoms with van der Waals surface area (Å²) in [6.45, 7) is 8.65. The summed E-state index contributed by atoms with van der Waals surface area (Å²) >= 11 is 0. The molecule has 1 heterocycles. The molecule has 0 amide bonds. The van der Waals surface area contributed by atoms with E-state index in [-0.39, 0.29) is 17.7 Å². The van der Waals surface area contributed by atoms with Crippen molar-refractivity contribution < 1.29 is 9.84 Å². The minimum absolute atomic E-state index is 0.0741. The van der Waals surface area contributed by atoms with Crippen LogP contribution in [-0.2, 0) is 10.2 Å². The van der Waals surface area contributed by atoms with Gasteiger partial charge in [-0.1, -0.05) is 106 Å². The molecule has 1 saturated heterocycles. The predicted molar refractivity (Wildman–Crippen MR) is 144 cm³/mol. The lowest BCUT2D eigenvalue weighted by molar-refractivity contribution is -0.107. The van der Waals surface area contributed by atoms with Gasteiger partial charge in [0.25, 0.3) is 0 Å². The molecular weight excluding hydrogens is 430 g/mol. The number of aliphatic hydroxyl groups is 1. The Morgan fingerprint density at radius 3 is 2.00 bits per heavy atom. The molecule has 1 aliphatic heterocycles. The maximum absolute atomic E-state index is 10.8. The smallest absolute Gasteiger partial charge is 0.111 e. The third-order valence-corrected chi connectivity index (χ3v) is 7.14. The minimum Gasteiger partial charge on any atom is -0.388 e. The van der Waals surface area contributed by atoms with Gasteiger partial charge in [-0.15, -0.1) is 0 Å². The second kappa shape index (κ2) is 12.0. The number of piperidine rings is 1. The van der Waals surface area contributed by atoms with E-state index in [1.165, 1.54) is 29.5 Å². The summed E-state index contributed by atoms with van der Waals surface area (Å²) in [6.07, 6.45) is 4.76. The fourth-order valence-electron chi connectivity index (χ4n) is 4.99. The van der Waals surface area contributed by atoms with E-state index in [1.807, 2.05) is 0 Å². The number of hydrogen-bond acceptors (Lipinski definition) is 3. The van der Waals surface area contributed by atoms with E-state index < -0.39 is 6.10 Å². The highest BCUT2D eigenvalue weighted by atomic mass is 16.5. The first-order chi connectivity index (χ1) is 16.9. The SMILES string of the molecule is CC(C)(C)c1ccc(C(O)CCCN2CCCCC2OC(c2ccccc2)c2ccccc2)cc1. The third-order valence-electron chi connectivity index (χ3n) is 7.14. The van der Waals surface area contributed by atoms with E-state index in [1.54, 1.807) is 0 Å². The molecule has 0 spiro atoms. The largest absolute Gasteiger partial charge is 0.388 e. The third kappa shape index (κ3) is 7.04. The highest BCUT2D eigenvalue weighted by Gasteiger charge is 2.27. The van der Waals surface area contributed by atoms with Crippen molar-refractivity contribution in [3.63, 3.8) is 0 Å². The summed E-state index contributed by atoms with van der Waals surface area (Å²) in [4.78, 5) is 2.48. The van der Waals surface area contributed by atoms with Crippen molar-refractivity contribution in [1.29, 1.82) is 0 Å². The molecule has 3 aromatic carbocycles. The van der Waals surface area contributed by atoms with Gasteiger partial charge in [-0.3, -0.25) is 4.90 Å². The van der Waals surface area contributed by atoms with Crippen molar-refractivity contribution in [2.45, 2.75) is 76.7 Å². The average molecular weight is 472 g/mol. The predicted octanol–water partition coefficient (Wildman–Crippen LogP) is 7.42. The molecule has 186 valence electrons. The summed E-state index contributed by atoms with van der Waals surface area (Å²) in [7, 11) is 0.